The van der Waals surface area contributed by atoms with Gasteiger partial charge in [-0.3, -0.25) is 0 Å². The van der Waals surface area contributed by atoms with Gasteiger partial charge in [0.05, 0.1) is 12.2 Å². The molecule has 0 bridgehead atoms. The molecule has 4 aromatic rings. The zero-order valence-electron chi connectivity index (χ0n) is 19.9. The molecule has 0 saturated heterocycles. The molecular weight excluding hydrogens is 404 g/mol. The van der Waals surface area contributed by atoms with E-state index < -0.39 is 0 Å². The van der Waals surface area contributed by atoms with Gasteiger partial charge < -0.3 is 9.47 Å². The van der Waals surface area contributed by atoms with Gasteiger partial charge in [0.15, 0.2) is 0 Å². The van der Waals surface area contributed by atoms with E-state index >= 15 is 0 Å². The molecule has 4 aromatic carbocycles. The fourth-order valence-electron chi connectivity index (χ4n) is 3.97. The van der Waals surface area contributed by atoms with Crippen LogP contribution in [0.15, 0.2) is 97.1 Å². The SMILES string of the molecule is Cc1ccc(-c2ccc(O[C@@H](C)C[C@H](C)Oc3ccc(-c4ccc(C)cc4)cc3)cc2)cc1. The van der Waals surface area contributed by atoms with Crippen LogP contribution in [0.5, 0.6) is 11.5 Å². The summed E-state index contributed by atoms with van der Waals surface area (Å²) in [4.78, 5) is 0. The summed E-state index contributed by atoms with van der Waals surface area (Å²) in [6.45, 7) is 8.39. The first-order valence-electron chi connectivity index (χ1n) is 11.6. The molecule has 0 saturated carbocycles. The van der Waals surface area contributed by atoms with E-state index in [4.69, 9.17) is 9.47 Å². The second kappa shape index (κ2) is 10.4. The van der Waals surface area contributed by atoms with Gasteiger partial charge in [0, 0.05) is 6.42 Å². The maximum absolute atomic E-state index is 6.14. The van der Waals surface area contributed by atoms with Crippen LogP contribution in [0.25, 0.3) is 22.3 Å². The highest BCUT2D eigenvalue weighted by atomic mass is 16.5. The Morgan fingerprint density at radius 3 is 1.03 bits per heavy atom. The summed E-state index contributed by atoms with van der Waals surface area (Å²) < 4.78 is 12.3. The lowest BCUT2D eigenvalue weighted by Crippen LogP contribution is -2.22. The highest BCUT2D eigenvalue weighted by Crippen LogP contribution is 2.26. The standard InChI is InChI=1S/C31H32O2/c1-22-5-9-26(10-6-22)28-13-17-30(18-14-28)32-24(3)21-25(4)33-31-19-15-29(16-20-31)27-11-7-23(2)8-12-27/h5-20,24-25H,21H2,1-4H3/t24-,25-/m0/s1. The molecule has 0 fully saturated rings. The van der Waals surface area contributed by atoms with Crippen molar-refractivity contribution in [1.82, 2.24) is 0 Å². The highest BCUT2D eigenvalue weighted by Gasteiger charge is 2.12. The highest BCUT2D eigenvalue weighted by molar-refractivity contribution is 5.65. The Morgan fingerprint density at radius 1 is 0.455 bits per heavy atom. The summed E-state index contributed by atoms with van der Waals surface area (Å²) in [5, 5.41) is 0. The Labute approximate surface area is 197 Å². The fraction of sp³-hybridized carbons (Fsp3) is 0.226. The average Bonchev–Trinajstić information content (AvgIpc) is 2.81. The Balaban J connectivity index is 1.29. The van der Waals surface area contributed by atoms with Gasteiger partial charge in [-0.15, -0.1) is 0 Å². The van der Waals surface area contributed by atoms with Crippen molar-refractivity contribution in [2.45, 2.75) is 46.3 Å². The number of ether oxygens (including phenoxy) is 2. The van der Waals surface area contributed by atoms with E-state index in [0.29, 0.717) is 0 Å². The second-order valence-electron chi connectivity index (χ2n) is 8.87. The molecule has 33 heavy (non-hydrogen) atoms. The van der Waals surface area contributed by atoms with E-state index in [1.54, 1.807) is 0 Å². The van der Waals surface area contributed by atoms with Crippen LogP contribution in [0.2, 0.25) is 0 Å². The molecule has 0 heterocycles. The van der Waals surface area contributed by atoms with E-state index in [9.17, 15) is 0 Å². The molecule has 2 atom stereocenters. The molecule has 0 aliphatic rings. The summed E-state index contributed by atoms with van der Waals surface area (Å²) in [6, 6.07) is 33.8. The van der Waals surface area contributed by atoms with Gasteiger partial charge in [-0.1, -0.05) is 83.9 Å². The first kappa shape index (κ1) is 22.7. The maximum atomic E-state index is 6.14. The quantitative estimate of drug-likeness (QED) is 0.277. The van der Waals surface area contributed by atoms with E-state index in [2.05, 4.69) is 100 Å². The van der Waals surface area contributed by atoms with Crippen LogP contribution in [0.4, 0.5) is 0 Å². The van der Waals surface area contributed by atoms with Crippen molar-refractivity contribution >= 4 is 0 Å². The lowest BCUT2D eigenvalue weighted by molar-refractivity contribution is 0.131. The molecule has 2 heteroatoms. The minimum Gasteiger partial charge on any atom is -0.491 e. The van der Waals surface area contributed by atoms with Crippen LogP contribution in [-0.4, -0.2) is 12.2 Å². The number of hydrogen-bond donors (Lipinski definition) is 0. The molecule has 0 amide bonds. The molecule has 4 rings (SSSR count). The average molecular weight is 437 g/mol. The van der Waals surface area contributed by atoms with Crippen molar-refractivity contribution in [2.75, 3.05) is 0 Å². The molecule has 168 valence electrons. The third kappa shape index (κ3) is 6.26. The van der Waals surface area contributed by atoms with Crippen LogP contribution < -0.4 is 9.47 Å². The normalized spacial score (nSPS) is 12.7. The zero-order valence-corrected chi connectivity index (χ0v) is 19.9. The molecule has 0 spiro atoms. The van der Waals surface area contributed by atoms with E-state index in [1.165, 1.54) is 33.4 Å². The van der Waals surface area contributed by atoms with Crippen LogP contribution in [0, 0.1) is 13.8 Å². The number of benzene rings is 4. The minimum absolute atomic E-state index is 0.0528. The topological polar surface area (TPSA) is 18.5 Å². The number of rotatable bonds is 8. The Morgan fingerprint density at radius 2 is 0.727 bits per heavy atom. The second-order valence-corrected chi connectivity index (χ2v) is 8.87. The molecule has 0 N–H and O–H groups in total. The van der Waals surface area contributed by atoms with Crippen molar-refractivity contribution in [3.05, 3.63) is 108 Å². The van der Waals surface area contributed by atoms with Crippen LogP contribution in [-0.2, 0) is 0 Å². The van der Waals surface area contributed by atoms with Gasteiger partial charge in [0.25, 0.3) is 0 Å². The number of aryl methyl sites for hydroxylation is 2. The fourth-order valence-corrected chi connectivity index (χ4v) is 3.97. The van der Waals surface area contributed by atoms with Crippen LogP contribution >= 0.6 is 0 Å². The molecule has 2 nitrogen and oxygen atoms in total. The molecule has 0 radical (unpaired) electrons. The summed E-state index contributed by atoms with van der Waals surface area (Å²) in [5.41, 5.74) is 7.37. The minimum atomic E-state index is 0.0528. The van der Waals surface area contributed by atoms with Gasteiger partial charge in [0.1, 0.15) is 11.5 Å². The zero-order chi connectivity index (χ0) is 23.2. The van der Waals surface area contributed by atoms with Crippen molar-refractivity contribution in [1.29, 1.82) is 0 Å². The van der Waals surface area contributed by atoms with E-state index in [1.807, 2.05) is 24.3 Å². The summed E-state index contributed by atoms with van der Waals surface area (Å²) in [5.74, 6) is 1.76. The summed E-state index contributed by atoms with van der Waals surface area (Å²) in [7, 11) is 0. The predicted octanol–water partition coefficient (Wildman–Crippen LogP) is 8.26. The van der Waals surface area contributed by atoms with Crippen molar-refractivity contribution < 1.29 is 9.47 Å². The third-order valence-electron chi connectivity index (χ3n) is 5.82. The molecule has 0 aromatic heterocycles. The van der Waals surface area contributed by atoms with Crippen molar-refractivity contribution in [2.24, 2.45) is 0 Å². The molecule has 0 aliphatic carbocycles. The predicted molar refractivity (Wildman–Crippen MR) is 138 cm³/mol. The Bertz CT molecular complexity index is 1050. The smallest absolute Gasteiger partial charge is 0.119 e. The van der Waals surface area contributed by atoms with Crippen molar-refractivity contribution in [3.63, 3.8) is 0 Å². The van der Waals surface area contributed by atoms with Crippen LogP contribution in [0.1, 0.15) is 31.4 Å². The first-order chi connectivity index (χ1) is 16.0. The molecular formula is C31H32O2. The molecule has 0 aliphatic heterocycles. The van der Waals surface area contributed by atoms with Gasteiger partial charge in [-0.2, -0.15) is 0 Å². The summed E-state index contributed by atoms with van der Waals surface area (Å²) >= 11 is 0. The van der Waals surface area contributed by atoms with Crippen molar-refractivity contribution in [3.8, 4) is 33.8 Å². The van der Waals surface area contributed by atoms with Gasteiger partial charge >= 0.3 is 0 Å². The van der Waals surface area contributed by atoms with Crippen LogP contribution in [0.3, 0.4) is 0 Å². The summed E-state index contributed by atoms with van der Waals surface area (Å²) in [6.07, 6.45) is 0.911. The van der Waals surface area contributed by atoms with E-state index in [-0.39, 0.29) is 12.2 Å². The third-order valence-corrected chi connectivity index (χ3v) is 5.82. The van der Waals surface area contributed by atoms with Gasteiger partial charge in [0.2, 0.25) is 0 Å². The maximum Gasteiger partial charge on any atom is 0.119 e. The van der Waals surface area contributed by atoms with Gasteiger partial charge in [-0.25, -0.2) is 0 Å². The first-order valence-corrected chi connectivity index (χ1v) is 11.6. The monoisotopic (exact) mass is 436 g/mol. The lowest BCUT2D eigenvalue weighted by Gasteiger charge is -2.20. The van der Waals surface area contributed by atoms with E-state index in [0.717, 1.165) is 17.9 Å². The Hall–Kier alpha value is -3.52. The number of hydrogen-bond acceptors (Lipinski definition) is 2. The van der Waals surface area contributed by atoms with Gasteiger partial charge in [-0.05, 0) is 74.2 Å². The lowest BCUT2D eigenvalue weighted by atomic mass is 10.0. The largest absolute Gasteiger partial charge is 0.491 e. The molecule has 0 unspecified atom stereocenters. The Kier molecular flexibility index (Phi) is 7.14.